The lowest BCUT2D eigenvalue weighted by molar-refractivity contribution is -0.134. The summed E-state index contributed by atoms with van der Waals surface area (Å²) in [6.07, 6.45) is 7.55. The fraction of sp³-hybridized carbons (Fsp3) is 0.333. The first-order valence-electron chi connectivity index (χ1n) is 8.88. The SMILES string of the molecule is CC1(C)C(=CC(Cl)Cl)C(c2nc3ccccc3[nH]2)=CC=C1C1(OC=O)CC1. The Kier molecular flexibility index (Phi) is 4.44. The van der Waals surface area contributed by atoms with Crippen molar-refractivity contribution >= 4 is 46.3 Å². The van der Waals surface area contributed by atoms with Crippen molar-refractivity contribution in [1.82, 2.24) is 9.97 Å². The van der Waals surface area contributed by atoms with E-state index >= 15 is 0 Å². The molecule has 140 valence electrons. The van der Waals surface area contributed by atoms with Gasteiger partial charge in [0, 0.05) is 11.0 Å². The number of hydrogen-bond acceptors (Lipinski definition) is 3. The van der Waals surface area contributed by atoms with Gasteiger partial charge in [-0.2, -0.15) is 0 Å². The van der Waals surface area contributed by atoms with Crippen LogP contribution in [0.5, 0.6) is 0 Å². The predicted octanol–water partition coefficient (Wildman–Crippen LogP) is 5.35. The first-order chi connectivity index (χ1) is 12.9. The molecule has 4 rings (SSSR count). The quantitative estimate of drug-likeness (QED) is 0.541. The largest absolute Gasteiger partial charge is 0.457 e. The van der Waals surface area contributed by atoms with E-state index in [1.54, 1.807) is 0 Å². The second-order valence-electron chi connectivity index (χ2n) is 7.51. The molecule has 1 saturated carbocycles. The maximum Gasteiger partial charge on any atom is 0.293 e. The Labute approximate surface area is 167 Å². The lowest BCUT2D eigenvalue weighted by atomic mass is 9.68. The number of aromatic amines is 1. The van der Waals surface area contributed by atoms with Crippen molar-refractivity contribution in [2.45, 2.75) is 37.1 Å². The van der Waals surface area contributed by atoms with E-state index in [1.165, 1.54) is 0 Å². The average molecular weight is 403 g/mol. The second kappa shape index (κ2) is 6.54. The van der Waals surface area contributed by atoms with Crippen LogP contribution in [-0.2, 0) is 9.53 Å². The van der Waals surface area contributed by atoms with Crippen molar-refractivity contribution in [3.63, 3.8) is 0 Å². The molecule has 1 aromatic heterocycles. The zero-order valence-electron chi connectivity index (χ0n) is 15.1. The van der Waals surface area contributed by atoms with Crippen molar-refractivity contribution in [1.29, 1.82) is 0 Å². The molecule has 2 aromatic rings. The fourth-order valence-electron chi connectivity index (χ4n) is 4.04. The summed E-state index contributed by atoms with van der Waals surface area (Å²) in [6.45, 7) is 4.74. The number of allylic oxidation sites excluding steroid dienone is 5. The minimum atomic E-state index is -0.659. The summed E-state index contributed by atoms with van der Waals surface area (Å²) in [5.41, 5.74) is 3.90. The van der Waals surface area contributed by atoms with Gasteiger partial charge in [0.15, 0.2) is 0 Å². The second-order valence-corrected chi connectivity index (χ2v) is 8.68. The number of hydrogen-bond donors (Lipinski definition) is 1. The van der Waals surface area contributed by atoms with E-state index in [0.717, 1.165) is 46.4 Å². The van der Waals surface area contributed by atoms with Crippen LogP contribution in [0, 0.1) is 5.41 Å². The minimum absolute atomic E-state index is 0.412. The minimum Gasteiger partial charge on any atom is -0.457 e. The van der Waals surface area contributed by atoms with Crippen LogP contribution in [0.3, 0.4) is 0 Å². The van der Waals surface area contributed by atoms with Crippen LogP contribution >= 0.6 is 23.2 Å². The zero-order valence-corrected chi connectivity index (χ0v) is 16.6. The molecule has 0 spiro atoms. The van der Waals surface area contributed by atoms with Crippen molar-refractivity contribution in [3.05, 3.63) is 59.5 Å². The third kappa shape index (κ3) is 3.11. The summed E-state index contributed by atoms with van der Waals surface area (Å²) in [4.78, 5) is 18.5. The molecule has 1 aromatic carbocycles. The van der Waals surface area contributed by atoms with E-state index in [4.69, 9.17) is 32.9 Å². The normalized spacial score (nSPS) is 21.9. The molecule has 0 aliphatic heterocycles. The van der Waals surface area contributed by atoms with Gasteiger partial charge in [-0.3, -0.25) is 4.79 Å². The van der Waals surface area contributed by atoms with Crippen molar-refractivity contribution in [2.24, 2.45) is 5.41 Å². The van der Waals surface area contributed by atoms with Gasteiger partial charge in [0.25, 0.3) is 6.47 Å². The maximum absolute atomic E-state index is 11.0. The Bertz CT molecular complexity index is 962. The van der Waals surface area contributed by atoms with Crippen LogP contribution in [0.4, 0.5) is 0 Å². The molecule has 1 N–H and O–H groups in total. The summed E-state index contributed by atoms with van der Waals surface area (Å²) >= 11 is 12.3. The highest BCUT2D eigenvalue weighted by Crippen LogP contribution is 2.57. The van der Waals surface area contributed by atoms with E-state index in [0.29, 0.717) is 6.47 Å². The number of ether oxygens (including phenoxy) is 1. The first kappa shape index (κ1) is 18.3. The molecule has 0 bridgehead atoms. The molecular weight excluding hydrogens is 383 g/mol. The Morgan fingerprint density at radius 3 is 2.59 bits per heavy atom. The smallest absolute Gasteiger partial charge is 0.293 e. The zero-order chi connectivity index (χ0) is 19.2. The van der Waals surface area contributed by atoms with E-state index in [2.05, 4.69) is 18.8 Å². The van der Waals surface area contributed by atoms with Crippen molar-refractivity contribution in [2.75, 3.05) is 0 Å². The number of H-pyrrole nitrogens is 1. The molecule has 0 saturated heterocycles. The van der Waals surface area contributed by atoms with Crippen molar-refractivity contribution in [3.8, 4) is 0 Å². The summed E-state index contributed by atoms with van der Waals surface area (Å²) in [7, 11) is 0. The molecule has 4 nitrogen and oxygen atoms in total. The van der Waals surface area contributed by atoms with Gasteiger partial charge < -0.3 is 9.72 Å². The van der Waals surface area contributed by atoms with Gasteiger partial charge >= 0.3 is 0 Å². The Balaban J connectivity index is 1.87. The van der Waals surface area contributed by atoms with Gasteiger partial charge in [-0.05, 0) is 42.2 Å². The lowest BCUT2D eigenvalue weighted by Gasteiger charge is -2.38. The number of halogens is 2. The third-order valence-electron chi connectivity index (χ3n) is 5.46. The number of carbonyl (C=O) groups excluding carboxylic acids is 1. The monoisotopic (exact) mass is 402 g/mol. The highest BCUT2D eigenvalue weighted by Gasteiger charge is 2.55. The maximum atomic E-state index is 11.0. The third-order valence-corrected chi connectivity index (χ3v) is 5.71. The topological polar surface area (TPSA) is 55.0 Å². The van der Waals surface area contributed by atoms with Crippen molar-refractivity contribution < 1.29 is 9.53 Å². The number of aromatic nitrogens is 2. The fourth-order valence-corrected chi connectivity index (χ4v) is 4.29. The summed E-state index contributed by atoms with van der Waals surface area (Å²) in [5.74, 6) is 0.765. The van der Waals surface area contributed by atoms with Gasteiger partial charge in [0.1, 0.15) is 16.3 Å². The summed E-state index contributed by atoms with van der Waals surface area (Å²) in [6, 6.07) is 7.90. The number of alkyl halides is 2. The lowest BCUT2D eigenvalue weighted by Crippen LogP contribution is -2.32. The van der Waals surface area contributed by atoms with E-state index in [-0.39, 0.29) is 0 Å². The van der Waals surface area contributed by atoms with Gasteiger partial charge in [-0.25, -0.2) is 4.98 Å². The Hall–Kier alpha value is -2.04. The van der Waals surface area contributed by atoms with E-state index < -0.39 is 15.9 Å². The number of nitrogens with zero attached hydrogens (tertiary/aromatic N) is 1. The molecule has 0 unspecified atom stereocenters. The molecule has 1 heterocycles. The highest BCUT2D eigenvalue weighted by atomic mass is 35.5. The van der Waals surface area contributed by atoms with Crippen LogP contribution in [-0.4, -0.2) is 26.9 Å². The van der Waals surface area contributed by atoms with Gasteiger partial charge in [0.05, 0.1) is 11.0 Å². The summed E-state index contributed by atoms with van der Waals surface area (Å²) in [5, 5.41) is 0. The number of nitrogens with one attached hydrogen (secondary N) is 1. The molecular formula is C21H20Cl2N2O2. The summed E-state index contributed by atoms with van der Waals surface area (Å²) < 4.78 is 5.46. The van der Waals surface area contributed by atoms with Crippen LogP contribution in [0.1, 0.15) is 32.5 Å². The molecule has 0 atom stereocenters. The number of carbonyl (C=O) groups is 1. The average Bonchev–Trinajstić information content (AvgIpc) is 3.25. The number of rotatable bonds is 5. The molecule has 6 heteroatoms. The van der Waals surface area contributed by atoms with Crippen LogP contribution < -0.4 is 0 Å². The molecule has 2 aliphatic carbocycles. The molecule has 0 radical (unpaired) electrons. The molecule has 2 aliphatic rings. The van der Waals surface area contributed by atoms with Gasteiger partial charge in [-0.1, -0.05) is 38.1 Å². The molecule has 1 fully saturated rings. The van der Waals surface area contributed by atoms with Gasteiger partial charge in [-0.15, -0.1) is 23.2 Å². The predicted molar refractivity (Wildman–Crippen MR) is 109 cm³/mol. The first-order valence-corrected chi connectivity index (χ1v) is 9.75. The molecule has 27 heavy (non-hydrogen) atoms. The standard InChI is InChI=1S/C21H20Cl2N2O2/c1-20(2)14(11-18(22)23)13(7-8-17(20)21(9-10-21)27-12-26)19-24-15-5-3-4-6-16(15)25-19/h3-8,11-12,18H,9-10H2,1-2H3,(H,24,25). The van der Waals surface area contributed by atoms with Crippen LogP contribution in [0.15, 0.2) is 53.6 Å². The van der Waals surface area contributed by atoms with Crippen LogP contribution in [0.2, 0.25) is 0 Å². The number of imidazole rings is 1. The Morgan fingerprint density at radius 1 is 1.22 bits per heavy atom. The number of para-hydroxylation sites is 2. The Morgan fingerprint density at radius 2 is 1.96 bits per heavy atom. The number of benzene rings is 1. The van der Waals surface area contributed by atoms with Crippen LogP contribution in [0.25, 0.3) is 16.6 Å². The van der Waals surface area contributed by atoms with E-state index in [9.17, 15) is 4.79 Å². The van der Waals surface area contributed by atoms with E-state index in [1.807, 2.05) is 42.5 Å². The number of fused-ring (bicyclic) bond motifs is 1. The highest BCUT2D eigenvalue weighted by molar-refractivity contribution is 6.45. The molecule has 0 amide bonds. The van der Waals surface area contributed by atoms with Gasteiger partial charge in [0.2, 0.25) is 0 Å².